The topological polar surface area (TPSA) is 92.8 Å². The molecule has 1 N–H and O–H groups in total. The van der Waals surface area contributed by atoms with E-state index in [4.69, 9.17) is 4.74 Å². The van der Waals surface area contributed by atoms with Crippen LogP contribution in [0.1, 0.15) is 40.4 Å². The number of carbonyl (C=O) groups is 2. The molecule has 0 unspecified atom stereocenters. The SMILES string of the molecule is CN(C)S(=O)(=O)c1ccc(C(=O)OCC(=O)N[C@H]2CCCc3ccccc32)cc1. The molecule has 0 heterocycles. The number of aryl methyl sites for hydroxylation is 1. The number of benzene rings is 2. The van der Waals surface area contributed by atoms with Gasteiger partial charge in [0.1, 0.15) is 0 Å². The third kappa shape index (κ3) is 4.83. The van der Waals surface area contributed by atoms with E-state index in [-0.39, 0.29) is 22.4 Å². The van der Waals surface area contributed by atoms with E-state index in [1.54, 1.807) is 0 Å². The lowest BCUT2D eigenvalue weighted by atomic mass is 9.88. The molecular weight excluding hydrogens is 392 g/mol. The van der Waals surface area contributed by atoms with E-state index in [1.165, 1.54) is 43.9 Å². The maximum absolute atomic E-state index is 12.2. The first kappa shape index (κ1) is 21.0. The Balaban J connectivity index is 1.56. The Bertz CT molecular complexity index is 1000. The van der Waals surface area contributed by atoms with E-state index in [0.29, 0.717) is 0 Å². The van der Waals surface area contributed by atoms with Crippen molar-refractivity contribution in [1.29, 1.82) is 0 Å². The highest BCUT2D eigenvalue weighted by molar-refractivity contribution is 7.89. The van der Waals surface area contributed by atoms with Gasteiger partial charge in [-0.05, 0) is 54.7 Å². The summed E-state index contributed by atoms with van der Waals surface area (Å²) < 4.78 is 30.3. The van der Waals surface area contributed by atoms with E-state index in [0.717, 1.165) is 29.1 Å². The molecule has 0 bridgehead atoms. The van der Waals surface area contributed by atoms with Gasteiger partial charge in [0.05, 0.1) is 16.5 Å². The molecule has 0 aliphatic heterocycles. The van der Waals surface area contributed by atoms with Gasteiger partial charge in [-0.3, -0.25) is 4.79 Å². The fourth-order valence-electron chi connectivity index (χ4n) is 3.33. The second-order valence-electron chi connectivity index (χ2n) is 7.10. The molecule has 0 spiro atoms. The van der Waals surface area contributed by atoms with Crippen LogP contribution in [0.2, 0.25) is 0 Å². The minimum absolute atomic E-state index is 0.0766. The number of esters is 1. The van der Waals surface area contributed by atoms with Crippen molar-refractivity contribution in [3.05, 3.63) is 65.2 Å². The molecule has 1 amide bonds. The lowest BCUT2D eigenvalue weighted by molar-refractivity contribution is -0.125. The maximum Gasteiger partial charge on any atom is 0.338 e. The first-order valence-electron chi connectivity index (χ1n) is 9.36. The van der Waals surface area contributed by atoms with Crippen molar-refractivity contribution in [1.82, 2.24) is 9.62 Å². The van der Waals surface area contributed by atoms with Crippen LogP contribution in [-0.2, 0) is 26.0 Å². The maximum atomic E-state index is 12.2. The summed E-state index contributed by atoms with van der Waals surface area (Å²) in [5.41, 5.74) is 2.52. The molecule has 0 radical (unpaired) electrons. The fraction of sp³-hybridized carbons (Fsp3) is 0.333. The third-order valence-electron chi connectivity index (χ3n) is 4.91. The zero-order valence-corrected chi connectivity index (χ0v) is 17.2. The van der Waals surface area contributed by atoms with Gasteiger partial charge < -0.3 is 10.1 Å². The number of nitrogens with zero attached hydrogens (tertiary/aromatic N) is 1. The highest BCUT2D eigenvalue weighted by atomic mass is 32.2. The summed E-state index contributed by atoms with van der Waals surface area (Å²) in [7, 11) is -0.706. The molecule has 2 aromatic carbocycles. The number of ether oxygens (including phenoxy) is 1. The van der Waals surface area contributed by atoms with E-state index in [1.807, 2.05) is 18.2 Å². The van der Waals surface area contributed by atoms with Crippen molar-refractivity contribution in [2.45, 2.75) is 30.2 Å². The number of rotatable bonds is 6. The van der Waals surface area contributed by atoms with Gasteiger partial charge in [0.25, 0.3) is 5.91 Å². The van der Waals surface area contributed by atoms with Gasteiger partial charge in [-0.25, -0.2) is 17.5 Å². The Morgan fingerprint density at radius 2 is 1.79 bits per heavy atom. The molecule has 7 nitrogen and oxygen atoms in total. The molecule has 154 valence electrons. The Morgan fingerprint density at radius 3 is 2.48 bits per heavy atom. The summed E-state index contributed by atoms with van der Waals surface area (Å²) in [4.78, 5) is 24.5. The minimum Gasteiger partial charge on any atom is -0.452 e. The number of amides is 1. The van der Waals surface area contributed by atoms with Gasteiger partial charge in [-0.2, -0.15) is 0 Å². The second-order valence-corrected chi connectivity index (χ2v) is 9.25. The van der Waals surface area contributed by atoms with Crippen LogP contribution >= 0.6 is 0 Å². The number of hydrogen-bond acceptors (Lipinski definition) is 5. The molecular formula is C21H24N2O5S. The smallest absolute Gasteiger partial charge is 0.338 e. The van der Waals surface area contributed by atoms with E-state index in [9.17, 15) is 18.0 Å². The molecule has 2 aromatic rings. The average Bonchev–Trinajstić information content (AvgIpc) is 2.72. The van der Waals surface area contributed by atoms with Crippen molar-refractivity contribution in [3.63, 3.8) is 0 Å². The number of carbonyl (C=O) groups excluding carboxylic acids is 2. The van der Waals surface area contributed by atoms with Crippen LogP contribution in [-0.4, -0.2) is 45.3 Å². The normalized spacial score (nSPS) is 16.2. The highest BCUT2D eigenvalue weighted by Gasteiger charge is 2.22. The summed E-state index contributed by atoms with van der Waals surface area (Å²) in [6.45, 7) is -0.394. The van der Waals surface area contributed by atoms with Crippen LogP contribution in [0.5, 0.6) is 0 Å². The van der Waals surface area contributed by atoms with E-state index < -0.39 is 22.6 Å². The Hall–Kier alpha value is -2.71. The van der Waals surface area contributed by atoms with Crippen molar-refractivity contribution >= 4 is 21.9 Å². The Labute approximate surface area is 170 Å². The van der Waals surface area contributed by atoms with Crippen molar-refractivity contribution in [3.8, 4) is 0 Å². The minimum atomic E-state index is -3.57. The first-order valence-corrected chi connectivity index (χ1v) is 10.8. The molecule has 1 atom stereocenters. The molecule has 1 aliphatic carbocycles. The molecule has 1 aliphatic rings. The Morgan fingerprint density at radius 1 is 1.10 bits per heavy atom. The van der Waals surface area contributed by atoms with Crippen LogP contribution in [0.4, 0.5) is 0 Å². The zero-order valence-electron chi connectivity index (χ0n) is 16.4. The van der Waals surface area contributed by atoms with Crippen molar-refractivity contribution in [2.75, 3.05) is 20.7 Å². The summed E-state index contributed by atoms with van der Waals surface area (Å²) >= 11 is 0. The summed E-state index contributed by atoms with van der Waals surface area (Å²) in [6.07, 6.45) is 2.83. The van der Waals surface area contributed by atoms with E-state index in [2.05, 4.69) is 11.4 Å². The Kier molecular flexibility index (Phi) is 6.34. The number of sulfonamides is 1. The van der Waals surface area contributed by atoms with Crippen LogP contribution in [0, 0.1) is 0 Å². The molecule has 0 saturated carbocycles. The second kappa shape index (κ2) is 8.75. The van der Waals surface area contributed by atoms with Crippen LogP contribution < -0.4 is 5.32 Å². The molecule has 0 aromatic heterocycles. The molecule has 0 saturated heterocycles. The quantitative estimate of drug-likeness (QED) is 0.730. The van der Waals surface area contributed by atoms with Gasteiger partial charge in [0.2, 0.25) is 10.0 Å². The van der Waals surface area contributed by atoms with Crippen LogP contribution in [0.15, 0.2) is 53.4 Å². The lowest BCUT2D eigenvalue weighted by Gasteiger charge is -2.26. The molecule has 0 fully saturated rings. The number of nitrogens with one attached hydrogen (secondary N) is 1. The van der Waals surface area contributed by atoms with Gasteiger partial charge in [-0.15, -0.1) is 0 Å². The largest absolute Gasteiger partial charge is 0.452 e. The van der Waals surface area contributed by atoms with Gasteiger partial charge >= 0.3 is 5.97 Å². The van der Waals surface area contributed by atoms with Crippen molar-refractivity contribution < 1.29 is 22.7 Å². The van der Waals surface area contributed by atoms with E-state index >= 15 is 0 Å². The van der Waals surface area contributed by atoms with Gasteiger partial charge in [0, 0.05) is 14.1 Å². The fourth-order valence-corrected chi connectivity index (χ4v) is 4.23. The predicted octanol–water partition coefficient (Wildman–Crippen LogP) is 2.29. The summed E-state index contributed by atoms with van der Waals surface area (Å²) in [6, 6.07) is 13.3. The predicted molar refractivity (Wildman–Crippen MR) is 108 cm³/mol. The summed E-state index contributed by atoms with van der Waals surface area (Å²) in [5.74, 6) is -1.05. The zero-order chi connectivity index (χ0) is 21.0. The van der Waals surface area contributed by atoms with Crippen molar-refractivity contribution in [2.24, 2.45) is 0 Å². The van der Waals surface area contributed by atoms with Crippen LogP contribution in [0.25, 0.3) is 0 Å². The summed E-state index contributed by atoms with van der Waals surface area (Å²) in [5, 5.41) is 2.92. The third-order valence-corrected chi connectivity index (χ3v) is 6.74. The standard InChI is InChI=1S/C21H24N2O5S/c1-23(2)29(26,27)17-12-10-16(11-13-17)21(25)28-14-20(24)22-19-9-5-7-15-6-3-4-8-18(15)19/h3-4,6,8,10-13,19H,5,7,9,14H2,1-2H3,(H,22,24)/t19-/m0/s1. The first-order chi connectivity index (χ1) is 13.8. The average molecular weight is 416 g/mol. The number of fused-ring (bicyclic) bond motifs is 1. The molecule has 29 heavy (non-hydrogen) atoms. The highest BCUT2D eigenvalue weighted by Crippen LogP contribution is 2.29. The number of hydrogen-bond donors (Lipinski definition) is 1. The van der Waals surface area contributed by atoms with Gasteiger partial charge in [0.15, 0.2) is 6.61 Å². The van der Waals surface area contributed by atoms with Gasteiger partial charge in [-0.1, -0.05) is 24.3 Å². The molecule has 8 heteroatoms. The monoisotopic (exact) mass is 416 g/mol. The van der Waals surface area contributed by atoms with Crippen LogP contribution in [0.3, 0.4) is 0 Å². The lowest BCUT2D eigenvalue weighted by Crippen LogP contribution is -2.34. The molecule has 3 rings (SSSR count).